The third-order valence-electron chi connectivity index (χ3n) is 4.41. The van der Waals surface area contributed by atoms with Gasteiger partial charge in [0, 0.05) is 9.77 Å². The summed E-state index contributed by atoms with van der Waals surface area (Å²) in [5.74, 6) is -1.22. The van der Waals surface area contributed by atoms with Crippen LogP contribution in [0.5, 0.6) is 0 Å². The van der Waals surface area contributed by atoms with Crippen LogP contribution in [-0.2, 0) is 20.7 Å². The van der Waals surface area contributed by atoms with Crippen LogP contribution in [0.1, 0.15) is 22.8 Å². The molecule has 2 amide bonds. The van der Waals surface area contributed by atoms with Gasteiger partial charge in [0.2, 0.25) is 11.8 Å². The molecule has 0 saturated heterocycles. The van der Waals surface area contributed by atoms with Crippen LogP contribution in [0.3, 0.4) is 0 Å². The van der Waals surface area contributed by atoms with E-state index >= 15 is 0 Å². The minimum absolute atomic E-state index is 0.147. The maximum Gasteiger partial charge on any atom is 0.341 e. The molecule has 9 heteroatoms. The summed E-state index contributed by atoms with van der Waals surface area (Å²) in [6.07, 6.45) is 0.147. The van der Waals surface area contributed by atoms with Gasteiger partial charge in [-0.1, -0.05) is 42.5 Å². The lowest BCUT2D eigenvalue weighted by atomic mass is 10.1. The van der Waals surface area contributed by atoms with E-state index < -0.39 is 11.9 Å². The van der Waals surface area contributed by atoms with Crippen molar-refractivity contribution in [3.8, 4) is 10.4 Å². The van der Waals surface area contributed by atoms with E-state index in [0.29, 0.717) is 5.00 Å². The first kappa shape index (κ1) is 23.5. The first-order chi connectivity index (χ1) is 15.5. The Kier molecular flexibility index (Phi) is 8.43. The van der Waals surface area contributed by atoms with Gasteiger partial charge in [0.15, 0.2) is 0 Å². The van der Waals surface area contributed by atoms with Crippen molar-refractivity contribution in [2.75, 3.05) is 18.5 Å². The van der Waals surface area contributed by atoms with E-state index in [4.69, 9.17) is 9.88 Å². The fourth-order valence-corrected chi connectivity index (χ4v) is 4.23. The molecule has 0 atom stereocenters. The Labute approximate surface area is 194 Å². The predicted molar refractivity (Wildman–Crippen MR) is 128 cm³/mol. The monoisotopic (exact) mass is 469 g/mol. The number of amides is 2. The first-order valence-corrected chi connectivity index (χ1v) is 11.6. The van der Waals surface area contributed by atoms with Gasteiger partial charge in [-0.25, -0.2) is 4.79 Å². The predicted octanol–water partition coefficient (Wildman–Crippen LogP) is 3.86. The molecule has 3 aromatic rings. The number of benzene rings is 2. The lowest BCUT2D eigenvalue weighted by Crippen LogP contribution is -2.33. The van der Waals surface area contributed by atoms with Gasteiger partial charge in [-0.2, -0.15) is 0 Å². The molecule has 1 aromatic heterocycles. The van der Waals surface area contributed by atoms with E-state index in [9.17, 15) is 14.4 Å². The molecule has 0 aliphatic heterocycles. The van der Waals surface area contributed by atoms with Crippen LogP contribution in [-0.4, -0.2) is 30.9 Å². The van der Waals surface area contributed by atoms with Crippen LogP contribution in [0, 0.1) is 0 Å². The molecule has 32 heavy (non-hydrogen) atoms. The highest BCUT2D eigenvalue weighted by Gasteiger charge is 2.20. The number of hydrogen-bond acceptors (Lipinski definition) is 7. The smallest absolute Gasteiger partial charge is 0.341 e. The summed E-state index contributed by atoms with van der Waals surface area (Å²) in [6.45, 7) is 1.73. The second-order valence-electron chi connectivity index (χ2n) is 6.70. The number of nitrogens with one attached hydrogen (secondary N) is 2. The summed E-state index contributed by atoms with van der Waals surface area (Å²) < 4.78 is 5.12. The molecule has 0 spiro atoms. The minimum atomic E-state index is -0.510. The molecule has 0 saturated carbocycles. The molecule has 166 valence electrons. The van der Waals surface area contributed by atoms with Crippen molar-refractivity contribution < 1.29 is 19.1 Å². The maximum atomic E-state index is 12.4. The molecule has 0 fully saturated rings. The van der Waals surface area contributed by atoms with Crippen LogP contribution in [0.4, 0.5) is 5.00 Å². The number of anilines is 1. The van der Waals surface area contributed by atoms with E-state index in [1.165, 1.54) is 11.3 Å². The molecule has 3 rings (SSSR count). The van der Waals surface area contributed by atoms with Crippen LogP contribution in [0.15, 0.2) is 65.6 Å². The van der Waals surface area contributed by atoms with Crippen molar-refractivity contribution in [2.45, 2.75) is 18.2 Å². The molecule has 0 radical (unpaired) electrons. The number of hydrogen-bond donors (Lipinski definition) is 3. The molecule has 1 heterocycles. The highest BCUT2D eigenvalue weighted by atomic mass is 32.2. The molecule has 0 aliphatic carbocycles. The number of esters is 1. The van der Waals surface area contributed by atoms with Crippen molar-refractivity contribution in [2.24, 2.45) is 5.14 Å². The van der Waals surface area contributed by atoms with Gasteiger partial charge in [-0.05, 0) is 48.2 Å². The van der Waals surface area contributed by atoms with Crippen molar-refractivity contribution >= 4 is 46.1 Å². The second kappa shape index (κ2) is 11.5. The highest BCUT2D eigenvalue weighted by molar-refractivity contribution is 7.97. The van der Waals surface area contributed by atoms with Gasteiger partial charge in [-0.15, -0.1) is 11.3 Å². The number of carbonyl (C=O) groups excluding carboxylic acids is 3. The van der Waals surface area contributed by atoms with Crippen molar-refractivity contribution in [3.63, 3.8) is 0 Å². The van der Waals surface area contributed by atoms with Gasteiger partial charge in [0.25, 0.3) is 0 Å². The van der Waals surface area contributed by atoms with E-state index in [-0.39, 0.29) is 31.0 Å². The Balaban J connectivity index is 1.63. The van der Waals surface area contributed by atoms with E-state index in [2.05, 4.69) is 10.6 Å². The number of thiophene rings is 1. The van der Waals surface area contributed by atoms with Gasteiger partial charge in [0.05, 0.1) is 25.1 Å². The summed E-state index contributed by atoms with van der Waals surface area (Å²) in [5.41, 5.74) is 2.03. The number of ether oxygens (including phenoxy) is 1. The molecule has 7 nitrogen and oxygen atoms in total. The molecule has 0 aliphatic rings. The molecular formula is C23H23N3O4S2. The molecule has 0 bridgehead atoms. The SMILES string of the molecule is CCOC(=O)c1cc(-c2ccccc2)sc1NC(=O)CNC(=O)Cc1ccc(SN)cc1. The van der Waals surface area contributed by atoms with E-state index in [0.717, 1.165) is 32.8 Å². The van der Waals surface area contributed by atoms with Crippen LogP contribution in [0.25, 0.3) is 10.4 Å². The normalized spacial score (nSPS) is 10.4. The third-order valence-corrected chi connectivity index (χ3v) is 6.05. The Morgan fingerprint density at radius 2 is 1.75 bits per heavy atom. The minimum Gasteiger partial charge on any atom is -0.462 e. The molecule has 4 N–H and O–H groups in total. The standard InChI is InChI=1S/C23H23N3O4S2/c1-2-30-23(29)18-13-19(16-6-4-3-5-7-16)31-22(18)26-21(28)14-25-20(27)12-15-8-10-17(32-24)11-9-15/h3-11,13H,2,12,14,24H2,1H3,(H,25,27)(H,26,28). The molecular weight excluding hydrogens is 446 g/mol. The molecule has 2 aromatic carbocycles. The Morgan fingerprint density at radius 1 is 1.03 bits per heavy atom. The van der Waals surface area contributed by atoms with Gasteiger partial charge >= 0.3 is 5.97 Å². The van der Waals surface area contributed by atoms with Gasteiger partial charge in [0.1, 0.15) is 5.00 Å². The summed E-state index contributed by atoms with van der Waals surface area (Å²) in [5, 5.41) is 11.2. The Hall–Kier alpha value is -3.14. The fourth-order valence-electron chi connectivity index (χ4n) is 2.87. The van der Waals surface area contributed by atoms with Crippen molar-refractivity contribution in [3.05, 3.63) is 71.8 Å². The Bertz CT molecular complexity index is 1080. The van der Waals surface area contributed by atoms with E-state index in [1.54, 1.807) is 13.0 Å². The quantitative estimate of drug-likeness (QED) is 0.324. The summed E-state index contributed by atoms with van der Waals surface area (Å²) in [7, 11) is 0. The third kappa shape index (κ3) is 6.43. The number of carbonyl (C=O) groups is 3. The lowest BCUT2D eigenvalue weighted by molar-refractivity contribution is -0.123. The lowest BCUT2D eigenvalue weighted by Gasteiger charge is -2.08. The zero-order valence-corrected chi connectivity index (χ0v) is 19.1. The van der Waals surface area contributed by atoms with Crippen LogP contribution >= 0.6 is 23.3 Å². The summed E-state index contributed by atoms with van der Waals surface area (Å²) in [6, 6.07) is 18.5. The zero-order chi connectivity index (χ0) is 22.9. The van der Waals surface area contributed by atoms with Crippen LogP contribution in [0.2, 0.25) is 0 Å². The first-order valence-electron chi connectivity index (χ1n) is 9.88. The van der Waals surface area contributed by atoms with Crippen molar-refractivity contribution in [1.29, 1.82) is 0 Å². The largest absolute Gasteiger partial charge is 0.462 e. The topological polar surface area (TPSA) is 111 Å². The maximum absolute atomic E-state index is 12.4. The molecule has 0 unspecified atom stereocenters. The van der Waals surface area contributed by atoms with Crippen LogP contribution < -0.4 is 15.8 Å². The summed E-state index contributed by atoms with van der Waals surface area (Å²) in [4.78, 5) is 38.7. The van der Waals surface area contributed by atoms with Crippen molar-refractivity contribution in [1.82, 2.24) is 5.32 Å². The Morgan fingerprint density at radius 3 is 2.41 bits per heavy atom. The van der Waals surface area contributed by atoms with Gasteiger partial charge < -0.3 is 15.4 Å². The average molecular weight is 470 g/mol. The average Bonchev–Trinajstić information content (AvgIpc) is 3.23. The number of rotatable bonds is 9. The fraction of sp³-hybridized carbons (Fsp3) is 0.174. The summed E-state index contributed by atoms with van der Waals surface area (Å²) >= 11 is 2.41. The van der Waals surface area contributed by atoms with Gasteiger partial charge in [-0.3, -0.25) is 14.7 Å². The second-order valence-corrected chi connectivity index (χ2v) is 8.46. The highest BCUT2D eigenvalue weighted by Crippen LogP contribution is 2.35. The zero-order valence-electron chi connectivity index (χ0n) is 17.4. The van der Waals surface area contributed by atoms with E-state index in [1.807, 2.05) is 54.6 Å². The number of nitrogens with two attached hydrogens (primary N) is 1.